The lowest BCUT2D eigenvalue weighted by Gasteiger charge is -2.26. The minimum Gasteiger partial charge on any atom is -0.380 e. The van der Waals surface area contributed by atoms with E-state index in [4.69, 9.17) is 14.7 Å². The molecule has 0 saturated carbocycles. The molecule has 0 aliphatic carbocycles. The summed E-state index contributed by atoms with van der Waals surface area (Å²) in [5, 5.41) is 12.4. The van der Waals surface area contributed by atoms with Gasteiger partial charge in [0, 0.05) is 24.7 Å². The lowest BCUT2D eigenvalue weighted by atomic mass is 10.1. The van der Waals surface area contributed by atoms with Gasteiger partial charge in [0.2, 0.25) is 5.91 Å². The van der Waals surface area contributed by atoms with Crippen LogP contribution in [-0.2, 0) is 9.53 Å². The molecule has 1 aromatic heterocycles. The Morgan fingerprint density at radius 3 is 2.67 bits per heavy atom. The SMILES string of the molecule is N#Cc1cccc(-c2nc3ccccc3nc2N2CCC(NC(=O)C3COC3)C2)c1. The number of para-hydroxylation sites is 2. The van der Waals surface area contributed by atoms with Crippen molar-refractivity contribution in [3.8, 4) is 17.3 Å². The summed E-state index contributed by atoms with van der Waals surface area (Å²) in [5.41, 5.74) is 3.84. The molecule has 30 heavy (non-hydrogen) atoms. The van der Waals surface area contributed by atoms with Crippen molar-refractivity contribution in [2.75, 3.05) is 31.2 Å². The van der Waals surface area contributed by atoms with E-state index in [1.807, 2.05) is 42.5 Å². The number of rotatable bonds is 4. The Labute approximate surface area is 174 Å². The second-order valence-electron chi connectivity index (χ2n) is 7.75. The van der Waals surface area contributed by atoms with Crippen LogP contribution >= 0.6 is 0 Å². The molecule has 1 atom stereocenters. The van der Waals surface area contributed by atoms with E-state index in [2.05, 4.69) is 16.3 Å². The van der Waals surface area contributed by atoms with Crippen LogP contribution in [0.1, 0.15) is 12.0 Å². The van der Waals surface area contributed by atoms with Crippen LogP contribution in [-0.4, -0.2) is 48.2 Å². The van der Waals surface area contributed by atoms with Crippen LogP contribution in [0.15, 0.2) is 48.5 Å². The molecule has 150 valence electrons. The zero-order valence-electron chi connectivity index (χ0n) is 16.4. The topological polar surface area (TPSA) is 91.1 Å². The zero-order chi connectivity index (χ0) is 20.5. The number of fused-ring (bicyclic) bond motifs is 1. The molecule has 2 aliphatic rings. The molecule has 0 radical (unpaired) electrons. The maximum Gasteiger partial charge on any atom is 0.228 e. The van der Waals surface area contributed by atoms with E-state index >= 15 is 0 Å². The Hall–Kier alpha value is -3.50. The number of ether oxygens (including phenoxy) is 1. The summed E-state index contributed by atoms with van der Waals surface area (Å²) >= 11 is 0. The number of anilines is 1. The third-order valence-electron chi connectivity index (χ3n) is 5.66. The van der Waals surface area contributed by atoms with Gasteiger partial charge in [-0.2, -0.15) is 5.26 Å². The molecule has 7 heteroatoms. The highest BCUT2D eigenvalue weighted by molar-refractivity contribution is 5.84. The summed E-state index contributed by atoms with van der Waals surface area (Å²) in [7, 11) is 0. The molecule has 2 fully saturated rings. The normalized spacial score (nSPS) is 18.8. The van der Waals surface area contributed by atoms with Gasteiger partial charge < -0.3 is 15.0 Å². The maximum atomic E-state index is 12.3. The molecule has 5 rings (SSSR count). The first-order chi connectivity index (χ1) is 14.7. The van der Waals surface area contributed by atoms with Crippen molar-refractivity contribution in [3.05, 3.63) is 54.1 Å². The van der Waals surface area contributed by atoms with Crippen LogP contribution in [0, 0.1) is 17.2 Å². The first kappa shape index (κ1) is 18.5. The smallest absolute Gasteiger partial charge is 0.228 e. The highest BCUT2D eigenvalue weighted by Crippen LogP contribution is 2.32. The van der Waals surface area contributed by atoms with E-state index in [1.165, 1.54) is 0 Å². The van der Waals surface area contributed by atoms with Gasteiger partial charge in [0.15, 0.2) is 5.82 Å². The van der Waals surface area contributed by atoms with E-state index in [-0.39, 0.29) is 17.9 Å². The summed E-state index contributed by atoms with van der Waals surface area (Å²) in [6.45, 7) is 2.48. The van der Waals surface area contributed by atoms with Crippen molar-refractivity contribution in [2.45, 2.75) is 12.5 Å². The molecule has 2 aromatic carbocycles. The van der Waals surface area contributed by atoms with Gasteiger partial charge in [0.05, 0.1) is 41.8 Å². The number of hydrogen-bond acceptors (Lipinski definition) is 6. The fourth-order valence-electron chi connectivity index (χ4n) is 3.92. The lowest BCUT2D eigenvalue weighted by molar-refractivity contribution is -0.139. The molecule has 1 N–H and O–H groups in total. The number of aromatic nitrogens is 2. The van der Waals surface area contributed by atoms with Crippen LogP contribution in [0.5, 0.6) is 0 Å². The number of amides is 1. The Morgan fingerprint density at radius 1 is 1.13 bits per heavy atom. The molecule has 7 nitrogen and oxygen atoms in total. The lowest BCUT2D eigenvalue weighted by Crippen LogP contribution is -2.47. The largest absolute Gasteiger partial charge is 0.380 e. The standard InChI is InChI=1S/C23H21N5O2/c24-11-15-4-3-5-16(10-15)21-22(27-20-7-2-1-6-19(20)26-21)28-9-8-18(12-28)25-23(29)17-13-30-14-17/h1-7,10,17-18H,8-9,12-14H2,(H,25,29). The van der Waals surface area contributed by atoms with Crippen molar-refractivity contribution >= 4 is 22.8 Å². The second-order valence-corrected chi connectivity index (χ2v) is 7.75. The number of hydrogen-bond donors (Lipinski definition) is 1. The van der Waals surface area contributed by atoms with E-state index in [9.17, 15) is 10.1 Å². The average Bonchev–Trinajstić information content (AvgIpc) is 3.19. The van der Waals surface area contributed by atoms with Crippen LogP contribution in [0.2, 0.25) is 0 Å². The minimum atomic E-state index is -0.0243. The number of carbonyl (C=O) groups is 1. The monoisotopic (exact) mass is 399 g/mol. The molecule has 1 amide bonds. The van der Waals surface area contributed by atoms with Gasteiger partial charge in [-0.1, -0.05) is 24.3 Å². The first-order valence-electron chi connectivity index (χ1n) is 10.1. The summed E-state index contributed by atoms with van der Waals surface area (Å²) in [6.07, 6.45) is 0.853. The Bertz CT molecular complexity index is 1150. The predicted octanol–water partition coefficient (Wildman–Crippen LogP) is 2.51. The number of nitrogens with one attached hydrogen (secondary N) is 1. The van der Waals surface area contributed by atoms with Crippen LogP contribution in [0.25, 0.3) is 22.3 Å². The number of nitrogens with zero attached hydrogens (tertiary/aromatic N) is 4. The van der Waals surface area contributed by atoms with Gasteiger partial charge in [-0.15, -0.1) is 0 Å². The van der Waals surface area contributed by atoms with Crippen LogP contribution in [0.3, 0.4) is 0 Å². The van der Waals surface area contributed by atoms with Crippen LogP contribution in [0.4, 0.5) is 5.82 Å². The minimum absolute atomic E-state index is 0.0243. The summed E-state index contributed by atoms with van der Waals surface area (Å²) in [6, 6.07) is 17.5. The molecule has 0 spiro atoms. The van der Waals surface area contributed by atoms with Gasteiger partial charge in [0.1, 0.15) is 5.69 Å². The third kappa shape index (κ3) is 3.46. The second kappa shape index (κ2) is 7.73. The third-order valence-corrected chi connectivity index (χ3v) is 5.66. The van der Waals surface area contributed by atoms with E-state index in [1.54, 1.807) is 6.07 Å². The Kier molecular flexibility index (Phi) is 4.77. The summed E-state index contributed by atoms with van der Waals surface area (Å²) in [4.78, 5) is 24.3. The molecule has 2 aliphatic heterocycles. The molecular formula is C23H21N5O2. The summed E-state index contributed by atoms with van der Waals surface area (Å²) < 4.78 is 5.12. The van der Waals surface area contributed by atoms with Crippen LogP contribution < -0.4 is 10.2 Å². The highest BCUT2D eigenvalue weighted by Gasteiger charge is 2.32. The maximum absolute atomic E-state index is 12.3. The van der Waals surface area contributed by atoms with Gasteiger partial charge in [-0.05, 0) is 30.7 Å². The number of carbonyl (C=O) groups excluding carboxylic acids is 1. The fraction of sp³-hybridized carbons (Fsp3) is 0.304. The number of benzene rings is 2. The quantitative estimate of drug-likeness (QED) is 0.725. The van der Waals surface area contributed by atoms with Crippen molar-refractivity contribution in [3.63, 3.8) is 0 Å². The van der Waals surface area contributed by atoms with E-state index in [0.717, 1.165) is 41.1 Å². The Balaban J connectivity index is 1.48. The van der Waals surface area contributed by atoms with Gasteiger partial charge in [0.25, 0.3) is 0 Å². The van der Waals surface area contributed by atoms with Gasteiger partial charge in [-0.25, -0.2) is 9.97 Å². The molecular weight excluding hydrogens is 378 g/mol. The zero-order valence-corrected chi connectivity index (χ0v) is 16.4. The molecule has 1 unspecified atom stereocenters. The molecule has 2 saturated heterocycles. The average molecular weight is 399 g/mol. The first-order valence-corrected chi connectivity index (χ1v) is 10.1. The molecule has 0 bridgehead atoms. The Morgan fingerprint density at radius 2 is 1.93 bits per heavy atom. The van der Waals surface area contributed by atoms with E-state index in [0.29, 0.717) is 25.3 Å². The van der Waals surface area contributed by atoms with Gasteiger partial charge >= 0.3 is 0 Å². The van der Waals surface area contributed by atoms with Crippen molar-refractivity contribution < 1.29 is 9.53 Å². The molecule has 3 heterocycles. The van der Waals surface area contributed by atoms with Crippen molar-refractivity contribution in [2.24, 2.45) is 5.92 Å². The molecule has 3 aromatic rings. The van der Waals surface area contributed by atoms with Gasteiger partial charge in [-0.3, -0.25) is 4.79 Å². The predicted molar refractivity (Wildman–Crippen MR) is 113 cm³/mol. The van der Waals surface area contributed by atoms with Crippen molar-refractivity contribution in [1.29, 1.82) is 5.26 Å². The highest BCUT2D eigenvalue weighted by atomic mass is 16.5. The van der Waals surface area contributed by atoms with Crippen molar-refractivity contribution in [1.82, 2.24) is 15.3 Å². The number of nitriles is 1. The summed E-state index contributed by atoms with van der Waals surface area (Å²) in [5.74, 6) is 0.830. The van der Waals surface area contributed by atoms with E-state index < -0.39 is 0 Å². The fourth-order valence-corrected chi connectivity index (χ4v) is 3.92.